The van der Waals surface area contributed by atoms with Crippen LogP contribution in [0.4, 0.5) is 5.69 Å². The fraction of sp³-hybridized carbons (Fsp3) is 0.111. The van der Waals surface area contributed by atoms with Crippen LogP contribution in [0.15, 0.2) is 23.3 Å². The summed E-state index contributed by atoms with van der Waals surface area (Å²) < 4.78 is 5.01. The molecule has 0 aliphatic rings. The molecule has 0 fully saturated rings. The molecule has 4 N–H and O–H groups in total. The number of non-ortho nitro benzene ring substituents is 1. The van der Waals surface area contributed by atoms with Gasteiger partial charge in [0, 0.05) is 17.7 Å². The average molecular weight is 237 g/mol. The van der Waals surface area contributed by atoms with Crippen LogP contribution < -0.4 is 15.9 Å². The van der Waals surface area contributed by atoms with Gasteiger partial charge in [-0.15, -0.1) is 0 Å². The second-order valence-electron chi connectivity index (χ2n) is 2.97. The molecule has 1 rings (SSSR count). The van der Waals surface area contributed by atoms with Crippen LogP contribution >= 0.6 is 0 Å². The molecule has 0 aromatic heterocycles. The highest BCUT2D eigenvalue weighted by Gasteiger charge is 2.09. The summed E-state index contributed by atoms with van der Waals surface area (Å²) in [5.41, 5.74) is 7.56. The highest BCUT2D eigenvalue weighted by atomic mass is 16.6. The summed E-state index contributed by atoms with van der Waals surface area (Å²) in [6.07, 6.45) is 1.28. The Balaban J connectivity index is 3.01. The molecule has 0 aliphatic carbocycles. The Kier molecular flexibility index (Phi) is 3.98. The smallest absolute Gasteiger partial charge is 0.270 e. The van der Waals surface area contributed by atoms with Crippen molar-refractivity contribution in [3.8, 4) is 5.75 Å². The minimum absolute atomic E-state index is 0.0740. The van der Waals surface area contributed by atoms with E-state index in [1.165, 1.54) is 31.5 Å². The predicted octanol–water partition coefficient (Wildman–Crippen LogP) is 0.420. The van der Waals surface area contributed by atoms with Crippen molar-refractivity contribution in [1.82, 2.24) is 5.43 Å². The summed E-state index contributed by atoms with van der Waals surface area (Å²) in [6, 6.07) is 4.10. The monoisotopic (exact) mass is 237 g/mol. The zero-order valence-corrected chi connectivity index (χ0v) is 9.01. The number of guanidine groups is 1. The van der Waals surface area contributed by atoms with E-state index in [0.29, 0.717) is 11.3 Å². The van der Waals surface area contributed by atoms with Crippen LogP contribution in [-0.2, 0) is 0 Å². The lowest BCUT2D eigenvalue weighted by molar-refractivity contribution is -0.384. The van der Waals surface area contributed by atoms with Crippen molar-refractivity contribution in [2.75, 3.05) is 7.11 Å². The molecule has 0 unspecified atom stereocenters. The molecule has 0 bridgehead atoms. The van der Waals surface area contributed by atoms with Crippen LogP contribution in [0.1, 0.15) is 5.56 Å². The van der Waals surface area contributed by atoms with Gasteiger partial charge in [0.1, 0.15) is 5.75 Å². The first-order valence-corrected chi connectivity index (χ1v) is 4.50. The SMILES string of the molecule is COc1ccc([N+](=O)[O-])cc1C=NNC(=N)N. The van der Waals surface area contributed by atoms with E-state index in [9.17, 15) is 10.1 Å². The lowest BCUT2D eigenvalue weighted by Gasteiger charge is -2.03. The Bertz CT molecular complexity index is 472. The fourth-order valence-corrected chi connectivity index (χ4v) is 1.11. The zero-order valence-electron chi connectivity index (χ0n) is 9.01. The largest absolute Gasteiger partial charge is 0.496 e. The number of nitro benzene ring substituents is 1. The fourth-order valence-electron chi connectivity index (χ4n) is 1.11. The molecule has 0 radical (unpaired) electrons. The minimum Gasteiger partial charge on any atom is -0.496 e. The Hall–Kier alpha value is -2.64. The first-order valence-electron chi connectivity index (χ1n) is 4.50. The second-order valence-corrected chi connectivity index (χ2v) is 2.97. The van der Waals surface area contributed by atoms with Crippen LogP contribution in [0.2, 0.25) is 0 Å². The van der Waals surface area contributed by atoms with Gasteiger partial charge >= 0.3 is 0 Å². The highest BCUT2D eigenvalue weighted by molar-refractivity contribution is 5.86. The summed E-state index contributed by atoms with van der Waals surface area (Å²) in [4.78, 5) is 10.1. The molecule has 1 aromatic rings. The quantitative estimate of drug-likeness (QED) is 0.302. The van der Waals surface area contributed by atoms with Gasteiger partial charge in [-0.3, -0.25) is 15.5 Å². The molecule has 17 heavy (non-hydrogen) atoms. The highest BCUT2D eigenvalue weighted by Crippen LogP contribution is 2.22. The molecule has 0 amide bonds. The first kappa shape index (κ1) is 12.4. The summed E-state index contributed by atoms with van der Waals surface area (Å²) >= 11 is 0. The van der Waals surface area contributed by atoms with Crippen molar-refractivity contribution < 1.29 is 9.66 Å². The van der Waals surface area contributed by atoms with E-state index >= 15 is 0 Å². The van der Waals surface area contributed by atoms with Crippen LogP contribution in [0.5, 0.6) is 5.75 Å². The number of hydrazone groups is 1. The lowest BCUT2D eigenvalue weighted by atomic mass is 10.2. The average Bonchev–Trinajstić information content (AvgIpc) is 2.28. The Morgan fingerprint density at radius 3 is 2.94 bits per heavy atom. The molecule has 0 saturated carbocycles. The molecule has 0 spiro atoms. The number of hydrogen-bond donors (Lipinski definition) is 3. The normalized spacial score (nSPS) is 10.2. The van der Waals surface area contributed by atoms with Crippen molar-refractivity contribution in [2.24, 2.45) is 10.8 Å². The summed E-state index contributed by atoms with van der Waals surface area (Å²) in [7, 11) is 1.44. The molecule has 1 aromatic carbocycles. The molecule has 0 aliphatic heterocycles. The third kappa shape index (κ3) is 3.45. The number of nitrogens with one attached hydrogen (secondary N) is 2. The maximum absolute atomic E-state index is 10.6. The zero-order chi connectivity index (χ0) is 12.8. The first-order chi connectivity index (χ1) is 8.04. The van der Waals surface area contributed by atoms with Gasteiger partial charge in [0.2, 0.25) is 5.96 Å². The molecule has 90 valence electrons. The number of benzene rings is 1. The van der Waals surface area contributed by atoms with Crippen LogP contribution in [-0.4, -0.2) is 24.2 Å². The number of nitrogens with two attached hydrogens (primary N) is 1. The van der Waals surface area contributed by atoms with E-state index < -0.39 is 4.92 Å². The van der Waals surface area contributed by atoms with Gasteiger partial charge < -0.3 is 10.5 Å². The molecular formula is C9H11N5O3. The molecule has 8 heteroatoms. The summed E-state index contributed by atoms with van der Waals surface area (Å²) in [6.45, 7) is 0. The van der Waals surface area contributed by atoms with Gasteiger partial charge in [0.25, 0.3) is 5.69 Å². The van der Waals surface area contributed by atoms with E-state index in [1.807, 2.05) is 0 Å². The third-order valence-electron chi connectivity index (χ3n) is 1.81. The standard InChI is InChI=1S/C9H11N5O3/c1-17-8-3-2-7(14(15)16)4-6(8)5-12-13-9(10)11/h2-5H,1H3,(H4,10,11,13). The van der Waals surface area contributed by atoms with Crippen molar-refractivity contribution in [3.63, 3.8) is 0 Å². The maximum Gasteiger partial charge on any atom is 0.270 e. The number of methoxy groups -OCH3 is 1. The second kappa shape index (κ2) is 5.45. The number of rotatable bonds is 4. The number of ether oxygens (including phenoxy) is 1. The van der Waals surface area contributed by atoms with Crippen molar-refractivity contribution >= 4 is 17.9 Å². The topological polar surface area (TPSA) is 127 Å². The predicted molar refractivity (Wildman–Crippen MR) is 62.3 cm³/mol. The van der Waals surface area contributed by atoms with Crippen molar-refractivity contribution in [2.45, 2.75) is 0 Å². The minimum atomic E-state index is -0.519. The Morgan fingerprint density at radius 2 is 2.41 bits per heavy atom. The maximum atomic E-state index is 10.6. The lowest BCUT2D eigenvalue weighted by Crippen LogP contribution is -2.25. The number of nitro groups is 1. The summed E-state index contributed by atoms with van der Waals surface area (Å²) in [5.74, 6) is 0.107. The molecule has 0 heterocycles. The van der Waals surface area contributed by atoms with E-state index in [1.54, 1.807) is 0 Å². The van der Waals surface area contributed by atoms with Crippen LogP contribution in [0.25, 0.3) is 0 Å². The van der Waals surface area contributed by atoms with Gasteiger partial charge in [-0.05, 0) is 6.07 Å². The van der Waals surface area contributed by atoms with E-state index in [-0.39, 0.29) is 11.6 Å². The third-order valence-corrected chi connectivity index (χ3v) is 1.81. The van der Waals surface area contributed by atoms with E-state index in [4.69, 9.17) is 15.9 Å². The van der Waals surface area contributed by atoms with Gasteiger partial charge in [-0.1, -0.05) is 0 Å². The molecular weight excluding hydrogens is 226 g/mol. The van der Waals surface area contributed by atoms with Crippen LogP contribution in [0.3, 0.4) is 0 Å². The Morgan fingerprint density at radius 1 is 1.71 bits per heavy atom. The molecule has 0 saturated heterocycles. The molecule has 8 nitrogen and oxygen atoms in total. The summed E-state index contributed by atoms with van der Waals surface area (Å²) in [5, 5.41) is 21.1. The van der Waals surface area contributed by atoms with Gasteiger partial charge in [0.15, 0.2) is 0 Å². The Labute approximate surface area is 96.7 Å². The van der Waals surface area contributed by atoms with Crippen molar-refractivity contribution in [1.29, 1.82) is 5.41 Å². The molecule has 0 atom stereocenters. The number of hydrogen-bond acceptors (Lipinski definition) is 5. The van der Waals surface area contributed by atoms with Gasteiger partial charge in [-0.25, -0.2) is 5.43 Å². The van der Waals surface area contributed by atoms with Crippen molar-refractivity contribution in [3.05, 3.63) is 33.9 Å². The van der Waals surface area contributed by atoms with Crippen LogP contribution in [0, 0.1) is 15.5 Å². The number of nitrogens with zero attached hydrogens (tertiary/aromatic N) is 2. The van der Waals surface area contributed by atoms with Gasteiger partial charge in [0.05, 0.1) is 18.2 Å². The van der Waals surface area contributed by atoms with E-state index in [2.05, 4.69) is 10.5 Å². The van der Waals surface area contributed by atoms with Gasteiger partial charge in [-0.2, -0.15) is 5.10 Å². The van der Waals surface area contributed by atoms with E-state index in [0.717, 1.165) is 0 Å².